The van der Waals surface area contributed by atoms with Crippen molar-refractivity contribution in [2.24, 2.45) is 7.05 Å². The average Bonchev–Trinajstić information content (AvgIpc) is 2.96. The number of hydrogen-bond donors (Lipinski definition) is 1. The van der Waals surface area contributed by atoms with Gasteiger partial charge in [-0.2, -0.15) is 0 Å². The Balaban J connectivity index is 1.82. The number of aliphatic carboxylic acids is 1. The van der Waals surface area contributed by atoms with Gasteiger partial charge in [0.2, 0.25) is 5.88 Å². The smallest absolute Gasteiger partial charge is 0.345 e. The van der Waals surface area contributed by atoms with Crippen molar-refractivity contribution in [2.45, 2.75) is 12.5 Å². The highest BCUT2D eigenvalue weighted by atomic mass is 16.5. The summed E-state index contributed by atoms with van der Waals surface area (Å²) in [4.78, 5) is 10.9. The van der Waals surface area contributed by atoms with Crippen molar-refractivity contribution in [3.63, 3.8) is 0 Å². The Morgan fingerprint density at radius 1 is 1.58 bits per heavy atom. The molecule has 1 aliphatic heterocycles. The lowest BCUT2D eigenvalue weighted by Crippen LogP contribution is -2.24. The number of hydrogen-bond acceptors (Lipinski definition) is 5. The molecule has 0 fully saturated rings. The zero-order chi connectivity index (χ0) is 13.4. The van der Waals surface area contributed by atoms with Crippen LogP contribution in [-0.4, -0.2) is 32.2 Å². The van der Waals surface area contributed by atoms with Gasteiger partial charge in [-0.05, 0) is 11.6 Å². The normalized spacial score (nSPS) is 16.8. The quantitative estimate of drug-likeness (QED) is 0.886. The van der Waals surface area contributed by atoms with Gasteiger partial charge in [0, 0.05) is 19.5 Å². The van der Waals surface area contributed by atoms with Gasteiger partial charge in [-0.15, -0.1) is 5.10 Å². The standard InChI is InChI=1S/C12H11N3O4/c1-15-11(6-13-14-15)18-8-3-2-7-4-10(12(16)17)19-9(7)5-8/h2-3,5-6,10H,4H2,1H3,(H,16,17). The highest BCUT2D eigenvalue weighted by molar-refractivity contribution is 5.74. The molecule has 0 saturated carbocycles. The number of ether oxygens (including phenoxy) is 2. The van der Waals surface area contributed by atoms with E-state index in [1.54, 1.807) is 25.2 Å². The Labute approximate surface area is 108 Å². The molecule has 3 rings (SSSR count). The number of benzene rings is 1. The number of aryl methyl sites for hydroxylation is 1. The van der Waals surface area contributed by atoms with Gasteiger partial charge in [0.05, 0.1) is 0 Å². The molecule has 0 saturated heterocycles. The van der Waals surface area contributed by atoms with E-state index in [9.17, 15) is 4.79 Å². The van der Waals surface area contributed by atoms with Crippen molar-refractivity contribution in [1.29, 1.82) is 0 Å². The third-order valence-corrected chi connectivity index (χ3v) is 2.88. The van der Waals surface area contributed by atoms with Crippen LogP contribution in [0.4, 0.5) is 0 Å². The van der Waals surface area contributed by atoms with Crippen molar-refractivity contribution in [1.82, 2.24) is 15.0 Å². The summed E-state index contributed by atoms with van der Waals surface area (Å²) in [5.41, 5.74) is 0.864. The Morgan fingerprint density at radius 3 is 3.11 bits per heavy atom. The molecule has 1 unspecified atom stereocenters. The lowest BCUT2D eigenvalue weighted by molar-refractivity contribution is -0.144. The van der Waals surface area contributed by atoms with Crippen molar-refractivity contribution in [3.05, 3.63) is 30.0 Å². The number of carboxylic acid groups (broad SMARTS) is 1. The first-order valence-corrected chi connectivity index (χ1v) is 5.68. The summed E-state index contributed by atoms with van der Waals surface area (Å²) in [7, 11) is 1.71. The van der Waals surface area contributed by atoms with Crippen molar-refractivity contribution >= 4 is 5.97 Å². The van der Waals surface area contributed by atoms with Gasteiger partial charge in [0.15, 0.2) is 6.10 Å². The van der Waals surface area contributed by atoms with Crippen LogP contribution in [0, 0.1) is 0 Å². The minimum atomic E-state index is -0.963. The van der Waals surface area contributed by atoms with Crippen molar-refractivity contribution in [3.8, 4) is 17.4 Å². The molecule has 0 amide bonds. The van der Waals surface area contributed by atoms with Crippen LogP contribution >= 0.6 is 0 Å². The molecular weight excluding hydrogens is 250 g/mol. The van der Waals surface area contributed by atoms with Gasteiger partial charge in [0.25, 0.3) is 0 Å². The molecule has 0 radical (unpaired) electrons. The Kier molecular flexibility index (Phi) is 2.59. The maximum absolute atomic E-state index is 10.9. The van der Waals surface area contributed by atoms with Crippen LogP contribution in [0.15, 0.2) is 24.4 Å². The highest BCUT2D eigenvalue weighted by Gasteiger charge is 2.29. The number of aromatic nitrogens is 3. The van der Waals surface area contributed by atoms with E-state index in [1.807, 2.05) is 0 Å². The summed E-state index contributed by atoms with van der Waals surface area (Å²) in [6.07, 6.45) is 1.05. The highest BCUT2D eigenvalue weighted by Crippen LogP contribution is 2.33. The van der Waals surface area contributed by atoms with Gasteiger partial charge in [-0.1, -0.05) is 11.3 Å². The molecule has 0 bridgehead atoms. The lowest BCUT2D eigenvalue weighted by atomic mass is 10.1. The largest absolute Gasteiger partial charge is 0.478 e. The van der Waals surface area contributed by atoms with Gasteiger partial charge in [-0.3, -0.25) is 0 Å². The van der Waals surface area contributed by atoms with Crippen molar-refractivity contribution in [2.75, 3.05) is 0 Å². The van der Waals surface area contributed by atoms with Crippen LogP contribution < -0.4 is 9.47 Å². The molecule has 2 aromatic rings. The third kappa shape index (κ3) is 2.10. The van der Waals surface area contributed by atoms with Gasteiger partial charge >= 0.3 is 5.97 Å². The molecule has 98 valence electrons. The molecule has 0 aliphatic carbocycles. The SMILES string of the molecule is Cn1nncc1Oc1ccc2c(c1)OC(C(=O)O)C2. The Morgan fingerprint density at radius 2 is 2.42 bits per heavy atom. The summed E-state index contributed by atoms with van der Waals surface area (Å²) < 4.78 is 12.4. The first kappa shape index (κ1) is 11.5. The zero-order valence-corrected chi connectivity index (χ0v) is 10.1. The van der Waals surface area contributed by atoms with E-state index in [1.165, 1.54) is 10.9 Å². The fourth-order valence-corrected chi connectivity index (χ4v) is 1.90. The average molecular weight is 261 g/mol. The van der Waals surface area contributed by atoms with Crippen LogP contribution in [0.5, 0.6) is 17.4 Å². The summed E-state index contributed by atoms with van der Waals surface area (Å²) in [6, 6.07) is 5.24. The second-order valence-electron chi connectivity index (χ2n) is 4.22. The molecule has 1 aliphatic rings. The number of fused-ring (bicyclic) bond motifs is 1. The number of rotatable bonds is 3. The predicted molar refractivity (Wildman–Crippen MR) is 63.3 cm³/mol. The predicted octanol–water partition coefficient (Wildman–Crippen LogP) is 0.995. The minimum Gasteiger partial charge on any atom is -0.478 e. The lowest BCUT2D eigenvalue weighted by Gasteiger charge is -2.07. The van der Waals surface area contributed by atoms with Crippen LogP contribution in [0.1, 0.15) is 5.56 Å². The second-order valence-corrected chi connectivity index (χ2v) is 4.22. The van der Waals surface area contributed by atoms with E-state index in [4.69, 9.17) is 14.6 Å². The van der Waals surface area contributed by atoms with E-state index in [0.717, 1.165) is 5.56 Å². The van der Waals surface area contributed by atoms with E-state index in [-0.39, 0.29) is 0 Å². The molecule has 1 atom stereocenters. The molecule has 0 spiro atoms. The monoisotopic (exact) mass is 261 g/mol. The molecule has 1 N–H and O–H groups in total. The van der Waals surface area contributed by atoms with Crippen LogP contribution in [-0.2, 0) is 18.3 Å². The summed E-state index contributed by atoms with van der Waals surface area (Å²) in [6.45, 7) is 0. The molecule has 1 aromatic heterocycles. The van der Waals surface area contributed by atoms with Gasteiger partial charge in [0.1, 0.15) is 17.7 Å². The van der Waals surface area contributed by atoms with E-state index >= 15 is 0 Å². The third-order valence-electron chi connectivity index (χ3n) is 2.88. The Bertz CT molecular complexity index is 638. The van der Waals surface area contributed by atoms with Crippen LogP contribution in [0.25, 0.3) is 0 Å². The Hall–Kier alpha value is -2.57. The van der Waals surface area contributed by atoms with Crippen LogP contribution in [0.3, 0.4) is 0 Å². The van der Waals surface area contributed by atoms with Gasteiger partial charge < -0.3 is 14.6 Å². The van der Waals surface area contributed by atoms with Crippen LogP contribution in [0.2, 0.25) is 0 Å². The van der Waals surface area contributed by atoms with E-state index in [0.29, 0.717) is 23.8 Å². The van der Waals surface area contributed by atoms with E-state index < -0.39 is 12.1 Å². The zero-order valence-electron chi connectivity index (χ0n) is 10.1. The molecule has 1 aromatic carbocycles. The molecule has 19 heavy (non-hydrogen) atoms. The number of carbonyl (C=O) groups is 1. The maximum Gasteiger partial charge on any atom is 0.345 e. The van der Waals surface area contributed by atoms with Gasteiger partial charge in [-0.25, -0.2) is 9.48 Å². The minimum absolute atomic E-state index is 0.373. The summed E-state index contributed by atoms with van der Waals surface area (Å²) >= 11 is 0. The fourth-order valence-electron chi connectivity index (χ4n) is 1.90. The summed E-state index contributed by atoms with van der Waals surface area (Å²) in [5, 5.41) is 16.4. The summed E-state index contributed by atoms with van der Waals surface area (Å²) in [5.74, 6) is 0.623. The topological polar surface area (TPSA) is 86.5 Å². The second kappa shape index (κ2) is 4.27. The fraction of sp³-hybridized carbons (Fsp3) is 0.250. The molecule has 2 heterocycles. The first-order valence-electron chi connectivity index (χ1n) is 5.68. The van der Waals surface area contributed by atoms with Crippen molar-refractivity contribution < 1.29 is 19.4 Å². The van der Waals surface area contributed by atoms with E-state index in [2.05, 4.69) is 10.3 Å². The first-order chi connectivity index (χ1) is 9.13. The number of carboxylic acids is 1. The molecule has 7 heteroatoms. The number of nitrogens with zero attached hydrogens (tertiary/aromatic N) is 3. The molecular formula is C12H11N3O4. The maximum atomic E-state index is 10.9. The molecule has 7 nitrogen and oxygen atoms in total.